The van der Waals surface area contributed by atoms with Crippen LogP contribution < -0.4 is 10.6 Å². The highest BCUT2D eigenvalue weighted by molar-refractivity contribution is 7.10. The third-order valence-corrected chi connectivity index (χ3v) is 4.03. The number of urea groups is 1. The molecule has 0 saturated heterocycles. The first kappa shape index (κ1) is 15.5. The van der Waals surface area contributed by atoms with Crippen LogP contribution in [-0.4, -0.2) is 36.7 Å². The van der Waals surface area contributed by atoms with E-state index in [1.807, 2.05) is 32.5 Å². The number of thiophene rings is 1. The first-order valence-corrected chi connectivity index (χ1v) is 7.58. The van der Waals surface area contributed by atoms with Gasteiger partial charge in [0.1, 0.15) is 11.5 Å². The Morgan fingerprint density at radius 3 is 2.86 bits per heavy atom. The van der Waals surface area contributed by atoms with Crippen molar-refractivity contribution in [2.24, 2.45) is 0 Å². The number of aryl methyl sites for hydroxylation is 1. The van der Waals surface area contributed by atoms with Crippen LogP contribution in [0, 0.1) is 6.92 Å². The van der Waals surface area contributed by atoms with Gasteiger partial charge in [-0.3, -0.25) is 0 Å². The van der Waals surface area contributed by atoms with Gasteiger partial charge in [-0.05, 0) is 32.5 Å². The SMILES string of the molecule is Cc1cc(CNC(=O)NC[C@H](c2cccs2)N(C)C)no1. The lowest BCUT2D eigenvalue weighted by molar-refractivity contribution is 0.232. The van der Waals surface area contributed by atoms with Gasteiger partial charge < -0.3 is 20.1 Å². The Morgan fingerprint density at radius 2 is 2.29 bits per heavy atom. The molecule has 0 aliphatic heterocycles. The van der Waals surface area contributed by atoms with Crippen LogP contribution in [-0.2, 0) is 6.54 Å². The van der Waals surface area contributed by atoms with E-state index in [-0.39, 0.29) is 12.1 Å². The number of likely N-dealkylation sites (N-methyl/N-ethyl adjacent to an activating group) is 1. The van der Waals surface area contributed by atoms with E-state index in [1.165, 1.54) is 4.88 Å². The van der Waals surface area contributed by atoms with E-state index in [2.05, 4.69) is 26.8 Å². The van der Waals surface area contributed by atoms with Crippen molar-refractivity contribution < 1.29 is 9.32 Å². The summed E-state index contributed by atoms with van der Waals surface area (Å²) in [5.74, 6) is 0.734. The zero-order chi connectivity index (χ0) is 15.2. The molecular formula is C14H20N4O2S. The van der Waals surface area contributed by atoms with E-state index >= 15 is 0 Å². The van der Waals surface area contributed by atoms with Gasteiger partial charge in [-0.2, -0.15) is 0 Å². The molecule has 2 amide bonds. The predicted octanol–water partition coefficient (Wildman–Crippen LogP) is 2.15. The maximum absolute atomic E-state index is 11.8. The van der Waals surface area contributed by atoms with Crippen LogP contribution in [0.15, 0.2) is 28.1 Å². The molecule has 0 aliphatic rings. The fraction of sp³-hybridized carbons (Fsp3) is 0.429. The molecule has 2 aromatic heterocycles. The van der Waals surface area contributed by atoms with Gasteiger partial charge in [0.05, 0.1) is 12.6 Å². The quantitative estimate of drug-likeness (QED) is 0.858. The normalized spacial score (nSPS) is 12.4. The van der Waals surface area contributed by atoms with Crippen molar-refractivity contribution in [3.63, 3.8) is 0 Å². The molecule has 2 aromatic rings. The molecule has 7 heteroatoms. The van der Waals surface area contributed by atoms with Gasteiger partial charge in [0.15, 0.2) is 0 Å². The Hall–Kier alpha value is -1.86. The number of nitrogens with zero attached hydrogens (tertiary/aromatic N) is 2. The molecule has 0 radical (unpaired) electrons. The van der Waals surface area contributed by atoms with Crippen molar-refractivity contribution in [2.75, 3.05) is 20.6 Å². The van der Waals surface area contributed by atoms with Crippen LogP contribution in [0.5, 0.6) is 0 Å². The van der Waals surface area contributed by atoms with Crippen LogP contribution in [0.3, 0.4) is 0 Å². The van der Waals surface area contributed by atoms with Gasteiger partial charge in [0.25, 0.3) is 0 Å². The van der Waals surface area contributed by atoms with Crippen LogP contribution in [0.2, 0.25) is 0 Å². The van der Waals surface area contributed by atoms with Crippen molar-refractivity contribution in [3.8, 4) is 0 Å². The molecule has 0 aromatic carbocycles. The standard InChI is InChI=1S/C14H20N4O2S/c1-10-7-11(17-20-10)8-15-14(19)16-9-12(18(2)3)13-5-4-6-21-13/h4-7,12H,8-9H2,1-3H3,(H2,15,16,19)/t12-/m1/s1. The third-order valence-electron chi connectivity index (χ3n) is 3.06. The number of amides is 2. The molecule has 0 aliphatic carbocycles. The zero-order valence-electron chi connectivity index (χ0n) is 12.4. The number of hydrogen-bond donors (Lipinski definition) is 2. The number of rotatable bonds is 6. The lowest BCUT2D eigenvalue weighted by atomic mass is 10.2. The smallest absolute Gasteiger partial charge is 0.315 e. The topological polar surface area (TPSA) is 70.4 Å². The lowest BCUT2D eigenvalue weighted by Gasteiger charge is -2.23. The molecule has 0 saturated carbocycles. The predicted molar refractivity (Wildman–Crippen MR) is 82.2 cm³/mol. The van der Waals surface area contributed by atoms with Crippen LogP contribution in [0.1, 0.15) is 22.4 Å². The molecule has 0 fully saturated rings. The van der Waals surface area contributed by atoms with E-state index in [1.54, 1.807) is 17.4 Å². The Bertz CT molecular complexity index is 565. The second kappa shape index (κ2) is 7.24. The number of carbonyl (C=O) groups excluding carboxylic acids is 1. The Kier molecular flexibility index (Phi) is 5.35. The van der Waals surface area contributed by atoms with Crippen molar-refractivity contribution in [2.45, 2.75) is 19.5 Å². The van der Waals surface area contributed by atoms with Crippen LogP contribution in [0.4, 0.5) is 4.79 Å². The summed E-state index contributed by atoms with van der Waals surface area (Å²) in [7, 11) is 4.00. The molecule has 0 unspecified atom stereocenters. The minimum absolute atomic E-state index is 0.171. The van der Waals surface area contributed by atoms with E-state index < -0.39 is 0 Å². The largest absolute Gasteiger partial charge is 0.361 e. The summed E-state index contributed by atoms with van der Waals surface area (Å²) < 4.78 is 4.95. The number of carbonyl (C=O) groups is 1. The van der Waals surface area contributed by atoms with Gasteiger partial charge in [-0.15, -0.1) is 11.3 Å². The van der Waals surface area contributed by atoms with Crippen molar-refractivity contribution >= 4 is 17.4 Å². The fourth-order valence-corrected chi connectivity index (χ4v) is 2.87. The minimum Gasteiger partial charge on any atom is -0.361 e. The monoisotopic (exact) mass is 308 g/mol. The second-order valence-electron chi connectivity index (χ2n) is 4.99. The summed E-state index contributed by atoms with van der Waals surface area (Å²) in [6, 6.07) is 5.86. The van der Waals surface area contributed by atoms with Gasteiger partial charge in [0, 0.05) is 17.5 Å². The molecule has 21 heavy (non-hydrogen) atoms. The molecule has 0 spiro atoms. The summed E-state index contributed by atoms with van der Waals surface area (Å²) in [5, 5.41) is 11.5. The van der Waals surface area contributed by atoms with E-state index in [0.717, 1.165) is 5.76 Å². The highest BCUT2D eigenvalue weighted by atomic mass is 32.1. The van der Waals surface area contributed by atoms with Gasteiger partial charge in [0.2, 0.25) is 0 Å². The van der Waals surface area contributed by atoms with Crippen molar-refractivity contribution in [1.82, 2.24) is 20.7 Å². The molecule has 6 nitrogen and oxygen atoms in total. The highest BCUT2D eigenvalue weighted by Crippen LogP contribution is 2.22. The fourth-order valence-electron chi connectivity index (χ4n) is 1.94. The average Bonchev–Trinajstić information content (AvgIpc) is 3.08. The maximum atomic E-state index is 11.8. The van der Waals surface area contributed by atoms with Crippen molar-refractivity contribution in [1.29, 1.82) is 0 Å². The molecule has 2 rings (SSSR count). The number of hydrogen-bond acceptors (Lipinski definition) is 5. The van der Waals surface area contributed by atoms with Gasteiger partial charge in [-0.25, -0.2) is 4.79 Å². The van der Waals surface area contributed by atoms with Gasteiger partial charge >= 0.3 is 6.03 Å². The van der Waals surface area contributed by atoms with E-state index in [0.29, 0.717) is 18.8 Å². The highest BCUT2D eigenvalue weighted by Gasteiger charge is 2.16. The summed E-state index contributed by atoms with van der Waals surface area (Å²) in [6.45, 7) is 2.73. The first-order valence-electron chi connectivity index (χ1n) is 6.70. The molecule has 0 bridgehead atoms. The minimum atomic E-state index is -0.209. The van der Waals surface area contributed by atoms with Gasteiger partial charge in [-0.1, -0.05) is 11.2 Å². The summed E-state index contributed by atoms with van der Waals surface area (Å²) in [4.78, 5) is 15.1. The summed E-state index contributed by atoms with van der Waals surface area (Å²) in [6.07, 6.45) is 0. The van der Waals surface area contributed by atoms with Crippen LogP contribution >= 0.6 is 11.3 Å². The van der Waals surface area contributed by atoms with Crippen molar-refractivity contribution in [3.05, 3.63) is 39.9 Å². The number of aromatic nitrogens is 1. The Balaban J connectivity index is 1.79. The molecule has 2 heterocycles. The average molecular weight is 308 g/mol. The zero-order valence-corrected chi connectivity index (χ0v) is 13.2. The van der Waals surface area contributed by atoms with E-state index in [9.17, 15) is 4.79 Å². The summed E-state index contributed by atoms with van der Waals surface area (Å²) >= 11 is 1.69. The molecular weight excluding hydrogens is 288 g/mol. The summed E-state index contributed by atoms with van der Waals surface area (Å²) in [5.41, 5.74) is 0.713. The first-order chi connectivity index (χ1) is 10.1. The van der Waals surface area contributed by atoms with E-state index in [4.69, 9.17) is 4.52 Å². The second-order valence-corrected chi connectivity index (χ2v) is 5.97. The maximum Gasteiger partial charge on any atom is 0.315 e. The Morgan fingerprint density at radius 1 is 1.48 bits per heavy atom. The molecule has 114 valence electrons. The number of nitrogens with one attached hydrogen (secondary N) is 2. The van der Waals surface area contributed by atoms with Crippen LogP contribution in [0.25, 0.3) is 0 Å². The molecule has 2 N–H and O–H groups in total. The third kappa shape index (κ3) is 4.57. The lowest BCUT2D eigenvalue weighted by Crippen LogP contribution is -2.40. The Labute approximate surface area is 128 Å². The molecule has 1 atom stereocenters.